The third kappa shape index (κ3) is 1.32. The van der Waals surface area contributed by atoms with Crippen LogP contribution in [-0.4, -0.2) is 30.4 Å². The maximum Gasteiger partial charge on any atom is 0.125 e. The minimum atomic E-state index is -0.920. The first kappa shape index (κ1) is 9.30. The quantitative estimate of drug-likeness (QED) is 0.630. The molecule has 14 heavy (non-hydrogen) atoms. The molecule has 0 aliphatic carbocycles. The van der Waals surface area contributed by atoms with Crippen LogP contribution in [-0.2, 0) is 5.60 Å². The Balaban J connectivity index is 2.35. The van der Waals surface area contributed by atoms with E-state index in [-0.39, 0.29) is 5.75 Å². The van der Waals surface area contributed by atoms with Crippen molar-refractivity contribution in [2.75, 3.05) is 20.2 Å². The van der Waals surface area contributed by atoms with Gasteiger partial charge in [0.25, 0.3) is 0 Å². The lowest BCUT2D eigenvalue weighted by Crippen LogP contribution is -2.56. The first-order valence-corrected chi connectivity index (χ1v) is 4.46. The molecule has 0 amide bonds. The first-order chi connectivity index (χ1) is 6.65. The summed E-state index contributed by atoms with van der Waals surface area (Å²) < 4.78 is 4.96. The largest absolute Gasteiger partial charge is 0.507 e. The summed E-state index contributed by atoms with van der Waals surface area (Å²) in [7, 11) is 1.54. The number of nitrogens with one attached hydrogen (secondary N) is 1. The third-order valence-corrected chi connectivity index (χ3v) is 2.54. The van der Waals surface area contributed by atoms with Gasteiger partial charge in [-0.25, -0.2) is 0 Å². The maximum absolute atomic E-state index is 9.96. The van der Waals surface area contributed by atoms with Gasteiger partial charge in [0.1, 0.15) is 17.1 Å². The standard InChI is InChI=1S/C10H13NO3/c1-14-7-2-3-8(9(12)4-7)10(13)5-11-6-10/h2-4,11-13H,5-6H2,1H3. The topological polar surface area (TPSA) is 61.7 Å². The number of phenolic OH excluding ortho intramolecular Hbond substituents is 1. The Morgan fingerprint density at radius 2 is 2.14 bits per heavy atom. The van der Waals surface area contributed by atoms with Crippen LogP contribution in [0.3, 0.4) is 0 Å². The summed E-state index contributed by atoms with van der Waals surface area (Å²) >= 11 is 0. The fourth-order valence-corrected chi connectivity index (χ4v) is 1.58. The Hall–Kier alpha value is -1.26. The summed E-state index contributed by atoms with van der Waals surface area (Å²) in [6.07, 6.45) is 0. The summed E-state index contributed by atoms with van der Waals surface area (Å²) in [6, 6.07) is 4.92. The Morgan fingerprint density at radius 1 is 1.43 bits per heavy atom. The lowest BCUT2D eigenvalue weighted by molar-refractivity contribution is -0.0164. The molecule has 2 rings (SSSR count). The van der Waals surface area contributed by atoms with Crippen LogP contribution in [0.1, 0.15) is 5.56 Å². The summed E-state index contributed by atoms with van der Waals surface area (Å²) in [4.78, 5) is 0. The van der Waals surface area contributed by atoms with Crippen molar-refractivity contribution in [2.45, 2.75) is 5.60 Å². The van der Waals surface area contributed by atoms with Gasteiger partial charge in [0.05, 0.1) is 7.11 Å². The second kappa shape index (κ2) is 3.15. The van der Waals surface area contributed by atoms with E-state index < -0.39 is 5.60 Å². The minimum Gasteiger partial charge on any atom is -0.507 e. The minimum absolute atomic E-state index is 0.0772. The Labute approximate surface area is 82.1 Å². The monoisotopic (exact) mass is 195 g/mol. The van der Waals surface area contributed by atoms with Crippen molar-refractivity contribution in [1.29, 1.82) is 0 Å². The Kier molecular flexibility index (Phi) is 2.09. The van der Waals surface area contributed by atoms with Crippen LogP contribution in [0.2, 0.25) is 0 Å². The van der Waals surface area contributed by atoms with Gasteiger partial charge < -0.3 is 20.3 Å². The number of ether oxygens (including phenoxy) is 1. The van der Waals surface area contributed by atoms with Gasteiger partial charge in [0.2, 0.25) is 0 Å². The van der Waals surface area contributed by atoms with Crippen molar-refractivity contribution in [3.8, 4) is 11.5 Å². The van der Waals surface area contributed by atoms with Crippen molar-refractivity contribution in [3.05, 3.63) is 23.8 Å². The lowest BCUT2D eigenvalue weighted by Gasteiger charge is -2.38. The van der Waals surface area contributed by atoms with E-state index in [9.17, 15) is 10.2 Å². The van der Waals surface area contributed by atoms with Gasteiger partial charge in [-0.3, -0.25) is 0 Å². The first-order valence-electron chi connectivity index (χ1n) is 4.46. The van der Waals surface area contributed by atoms with E-state index >= 15 is 0 Å². The fraction of sp³-hybridized carbons (Fsp3) is 0.400. The molecule has 1 aliphatic heterocycles. The molecule has 4 nitrogen and oxygen atoms in total. The summed E-state index contributed by atoms with van der Waals surface area (Å²) in [6.45, 7) is 0.958. The molecule has 0 spiro atoms. The normalized spacial score (nSPS) is 18.7. The van der Waals surface area contributed by atoms with Gasteiger partial charge >= 0.3 is 0 Å². The number of rotatable bonds is 2. The molecular formula is C10H13NO3. The average Bonchev–Trinajstić information content (AvgIpc) is 2.14. The van der Waals surface area contributed by atoms with E-state index in [1.54, 1.807) is 12.1 Å². The number of methoxy groups -OCH3 is 1. The number of aromatic hydroxyl groups is 1. The molecule has 1 heterocycles. The highest BCUT2D eigenvalue weighted by atomic mass is 16.5. The van der Waals surface area contributed by atoms with Gasteiger partial charge in [-0.05, 0) is 12.1 Å². The molecule has 4 heteroatoms. The molecule has 1 fully saturated rings. The molecule has 0 saturated carbocycles. The zero-order valence-electron chi connectivity index (χ0n) is 7.95. The highest BCUT2D eigenvalue weighted by molar-refractivity contribution is 5.44. The molecule has 76 valence electrons. The Morgan fingerprint density at radius 3 is 2.57 bits per heavy atom. The fourth-order valence-electron chi connectivity index (χ4n) is 1.58. The molecule has 0 radical (unpaired) electrons. The predicted molar refractivity (Wildman–Crippen MR) is 51.4 cm³/mol. The number of hydrogen-bond donors (Lipinski definition) is 3. The molecule has 0 atom stereocenters. The molecule has 1 aliphatic rings. The number of aliphatic hydroxyl groups is 1. The summed E-state index contributed by atoms with van der Waals surface area (Å²) in [5.74, 6) is 0.662. The van der Waals surface area contributed by atoms with Crippen LogP contribution in [0.15, 0.2) is 18.2 Å². The molecule has 0 aromatic heterocycles. The van der Waals surface area contributed by atoms with Crippen LogP contribution in [0.5, 0.6) is 11.5 Å². The van der Waals surface area contributed by atoms with Gasteiger partial charge in [-0.15, -0.1) is 0 Å². The Bertz CT molecular complexity index is 347. The van der Waals surface area contributed by atoms with Gasteiger partial charge in [-0.1, -0.05) is 0 Å². The summed E-state index contributed by atoms with van der Waals surface area (Å²) in [5, 5.41) is 22.6. The van der Waals surface area contributed by atoms with Gasteiger partial charge in [-0.2, -0.15) is 0 Å². The highest BCUT2D eigenvalue weighted by Gasteiger charge is 2.38. The zero-order chi connectivity index (χ0) is 10.2. The summed E-state index contributed by atoms with van der Waals surface area (Å²) in [5.41, 5.74) is -0.367. The second-order valence-electron chi connectivity index (χ2n) is 3.52. The zero-order valence-corrected chi connectivity index (χ0v) is 7.95. The number of phenols is 1. The predicted octanol–water partition coefficient (Wildman–Crippen LogP) is 0.192. The van der Waals surface area contributed by atoms with Crippen molar-refractivity contribution >= 4 is 0 Å². The van der Waals surface area contributed by atoms with Crippen molar-refractivity contribution in [1.82, 2.24) is 5.32 Å². The van der Waals surface area contributed by atoms with E-state index in [0.29, 0.717) is 24.4 Å². The van der Waals surface area contributed by atoms with E-state index in [0.717, 1.165) is 0 Å². The molecular weight excluding hydrogens is 182 g/mol. The average molecular weight is 195 g/mol. The molecule has 1 aromatic carbocycles. The van der Waals surface area contributed by atoms with E-state index in [4.69, 9.17) is 4.74 Å². The smallest absolute Gasteiger partial charge is 0.125 e. The maximum atomic E-state index is 9.96. The lowest BCUT2D eigenvalue weighted by atomic mass is 9.87. The number of β-amino-alcohol motifs (C(OH)–C–C–N with tert-alkyl or cyclic N) is 1. The van der Waals surface area contributed by atoms with Crippen molar-refractivity contribution in [3.63, 3.8) is 0 Å². The number of hydrogen-bond acceptors (Lipinski definition) is 4. The van der Waals surface area contributed by atoms with Crippen LogP contribution in [0.25, 0.3) is 0 Å². The van der Waals surface area contributed by atoms with E-state index in [2.05, 4.69) is 5.32 Å². The van der Waals surface area contributed by atoms with Gasteiger partial charge in [0, 0.05) is 24.7 Å². The molecule has 1 saturated heterocycles. The van der Waals surface area contributed by atoms with Crippen LogP contribution < -0.4 is 10.1 Å². The second-order valence-corrected chi connectivity index (χ2v) is 3.52. The van der Waals surface area contributed by atoms with Gasteiger partial charge in [0.15, 0.2) is 0 Å². The highest BCUT2D eigenvalue weighted by Crippen LogP contribution is 2.34. The third-order valence-electron chi connectivity index (χ3n) is 2.54. The van der Waals surface area contributed by atoms with Crippen molar-refractivity contribution in [2.24, 2.45) is 0 Å². The SMILES string of the molecule is COc1ccc(C2(O)CNC2)c(O)c1. The molecule has 3 N–H and O–H groups in total. The van der Waals surface area contributed by atoms with Crippen LogP contribution >= 0.6 is 0 Å². The van der Waals surface area contributed by atoms with E-state index in [1.807, 2.05) is 0 Å². The van der Waals surface area contributed by atoms with Crippen LogP contribution in [0.4, 0.5) is 0 Å². The number of benzene rings is 1. The molecule has 0 bridgehead atoms. The van der Waals surface area contributed by atoms with Crippen molar-refractivity contribution < 1.29 is 14.9 Å². The van der Waals surface area contributed by atoms with E-state index in [1.165, 1.54) is 13.2 Å². The molecule has 0 unspecified atom stereocenters. The van der Waals surface area contributed by atoms with Crippen LogP contribution in [0, 0.1) is 0 Å². The molecule has 1 aromatic rings.